The zero-order valence-electron chi connectivity index (χ0n) is 11.4. The highest BCUT2D eigenvalue weighted by Crippen LogP contribution is 2.37. The number of ether oxygens (including phenoxy) is 2. The first kappa shape index (κ1) is 14.2. The second kappa shape index (κ2) is 5.85. The Morgan fingerprint density at radius 3 is 2.70 bits per heavy atom. The molecule has 0 aliphatic carbocycles. The molecule has 0 saturated carbocycles. The summed E-state index contributed by atoms with van der Waals surface area (Å²) in [5.41, 5.74) is 2.05. The minimum atomic E-state index is 0.267. The summed E-state index contributed by atoms with van der Waals surface area (Å²) in [7, 11) is 1.50. The molecule has 2 rings (SSSR count). The topological polar surface area (TPSA) is 68.3 Å². The lowest BCUT2D eigenvalue weighted by molar-refractivity contribution is 0.281. The highest BCUT2D eigenvalue weighted by atomic mass is 35.5. The molecule has 0 N–H and O–H groups in total. The van der Waals surface area contributed by atoms with Crippen molar-refractivity contribution in [3.05, 3.63) is 39.7 Å². The maximum atomic E-state index is 8.90. The van der Waals surface area contributed by atoms with E-state index in [0.717, 1.165) is 11.3 Å². The number of methoxy groups -OCH3 is 1. The molecular weight excluding hydrogens is 280 g/mol. The number of hydrogen-bond donors (Lipinski definition) is 0. The first-order chi connectivity index (χ1) is 9.56. The number of nitrogens with zero attached hydrogens (tertiary/aromatic N) is 2. The fourth-order valence-corrected chi connectivity index (χ4v) is 2.04. The van der Waals surface area contributed by atoms with Crippen molar-refractivity contribution in [3.8, 4) is 17.6 Å². The summed E-state index contributed by atoms with van der Waals surface area (Å²) in [5, 5.41) is 13.1. The van der Waals surface area contributed by atoms with E-state index >= 15 is 0 Å². The average molecular weight is 293 g/mol. The number of nitriles is 1. The van der Waals surface area contributed by atoms with Crippen LogP contribution in [0.4, 0.5) is 0 Å². The predicted molar refractivity (Wildman–Crippen MR) is 73.0 cm³/mol. The van der Waals surface area contributed by atoms with Gasteiger partial charge in [-0.2, -0.15) is 5.26 Å². The largest absolute Gasteiger partial charge is 0.493 e. The lowest BCUT2D eigenvalue weighted by Crippen LogP contribution is -2.00. The average Bonchev–Trinajstić information content (AvgIpc) is 2.76. The van der Waals surface area contributed by atoms with Crippen LogP contribution in [0, 0.1) is 25.2 Å². The smallest absolute Gasteiger partial charge is 0.180 e. The van der Waals surface area contributed by atoms with Gasteiger partial charge in [0.15, 0.2) is 11.5 Å². The van der Waals surface area contributed by atoms with E-state index in [2.05, 4.69) is 5.16 Å². The molecule has 20 heavy (non-hydrogen) atoms. The fraction of sp³-hybridized carbons (Fsp3) is 0.286. The first-order valence-corrected chi connectivity index (χ1v) is 6.26. The Kier molecular flexibility index (Phi) is 4.16. The molecule has 0 aliphatic heterocycles. The molecule has 0 fully saturated rings. The van der Waals surface area contributed by atoms with Crippen LogP contribution in [0.2, 0.25) is 5.02 Å². The Bertz CT molecular complexity index is 654. The maximum absolute atomic E-state index is 8.90. The van der Waals surface area contributed by atoms with Crippen LogP contribution in [0.25, 0.3) is 0 Å². The van der Waals surface area contributed by atoms with Crippen LogP contribution in [0.3, 0.4) is 0 Å². The summed E-state index contributed by atoms with van der Waals surface area (Å²) in [6, 6.07) is 5.13. The standard InChI is InChI=1S/C14H13ClN2O3/c1-8-11(9(2)20-17-8)7-19-14-12(15)4-10(6-16)5-13(14)18-3/h4-5H,7H2,1-3H3. The normalized spacial score (nSPS) is 10.2. The number of benzene rings is 1. The molecule has 6 heteroatoms. The number of halogens is 1. The summed E-state index contributed by atoms with van der Waals surface area (Å²) in [4.78, 5) is 0. The van der Waals surface area contributed by atoms with Crippen molar-refractivity contribution in [1.29, 1.82) is 5.26 Å². The summed E-state index contributed by atoms with van der Waals surface area (Å²) in [6.45, 7) is 3.92. The molecule has 1 aromatic carbocycles. The number of aryl methyl sites for hydroxylation is 2. The van der Waals surface area contributed by atoms with Crippen LogP contribution >= 0.6 is 11.6 Å². The second-order valence-corrected chi connectivity index (χ2v) is 4.60. The summed E-state index contributed by atoms with van der Waals surface area (Å²) >= 11 is 6.12. The fourth-order valence-electron chi connectivity index (χ4n) is 1.78. The molecular formula is C14H13ClN2O3. The predicted octanol–water partition coefficient (Wildman–Crippen LogP) is 3.40. The van der Waals surface area contributed by atoms with E-state index in [1.807, 2.05) is 19.9 Å². The lowest BCUT2D eigenvalue weighted by Gasteiger charge is -2.12. The van der Waals surface area contributed by atoms with Crippen molar-refractivity contribution in [2.45, 2.75) is 20.5 Å². The molecule has 1 aromatic heterocycles. The van der Waals surface area contributed by atoms with Crippen LogP contribution in [0.5, 0.6) is 11.5 Å². The van der Waals surface area contributed by atoms with Crippen molar-refractivity contribution in [1.82, 2.24) is 5.16 Å². The van der Waals surface area contributed by atoms with Crippen molar-refractivity contribution >= 4 is 11.6 Å². The van der Waals surface area contributed by atoms with E-state index in [0.29, 0.717) is 27.8 Å². The van der Waals surface area contributed by atoms with Crippen molar-refractivity contribution < 1.29 is 14.0 Å². The molecule has 0 aliphatic rings. The zero-order chi connectivity index (χ0) is 14.7. The number of hydrogen-bond acceptors (Lipinski definition) is 5. The van der Waals surface area contributed by atoms with Gasteiger partial charge in [0.2, 0.25) is 0 Å². The van der Waals surface area contributed by atoms with Crippen LogP contribution in [0.1, 0.15) is 22.6 Å². The Balaban J connectivity index is 2.28. The third-order valence-corrected chi connectivity index (χ3v) is 3.18. The molecule has 0 radical (unpaired) electrons. The molecule has 0 unspecified atom stereocenters. The van der Waals surface area contributed by atoms with Gasteiger partial charge in [-0.15, -0.1) is 0 Å². The highest BCUT2D eigenvalue weighted by molar-refractivity contribution is 6.32. The highest BCUT2D eigenvalue weighted by Gasteiger charge is 2.15. The summed E-state index contributed by atoms with van der Waals surface area (Å²) in [6.07, 6.45) is 0. The Morgan fingerprint density at radius 1 is 1.40 bits per heavy atom. The van der Waals surface area contributed by atoms with Gasteiger partial charge >= 0.3 is 0 Å². The van der Waals surface area contributed by atoms with Gasteiger partial charge in [0.25, 0.3) is 0 Å². The molecule has 1 heterocycles. The molecule has 0 atom stereocenters. The van der Waals surface area contributed by atoms with Crippen LogP contribution in [-0.2, 0) is 6.61 Å². The van der Waals surface area contributed by atoms with Crippen molar-refractivity contribution in [2.75, 3.05) is 7.11 Å². The minimum Gasteiger partial charge on any atom is -0.493 e. The van der Waals surface area contributed by atoms with Gasteiger partial charge in [-0.25, -0.2) is 0 Å². The zero-order valence-corrected chi connectivity index (χ0v) is 12.1. The van der Waals surface area contributed by atoms with E-state index in [-0.39, 0.29) is 6.61 Å². The molecule has 0 amide bonds. The van der Waals surface area contributed by atoms with E-state index in [1.165, 1.54) is 13.2 Å². The summed E-state index contributed by atoms with van der Waals surface area (Å²) < 4.78 is 16.0. The first-order valence-electron chi connectivity index (χ1n) is 5.89. The SMILES string of the molecule is COc1cc(C#N)cc(Cl)c1OCc1c(C)noc1C. The molecule has 0 bridgehead atoms. The van der Waals surface area contributed by atoms with E-state index in [1.54, 1.807) is 6.07 Å². The second-order valence-electron chi connectivity index (χ2n) is 4.19. The van der Waals surface area contributed by atoms with Gasteiger partial charge < -0.3 is 14.0 Å². The molecule has 2 aromatic rings. The molecule has 5 nitrogen and oxygen atoms in total. The van der Waals surface area contributed by atoms with Gasteiger partial charge in [-0.1, -0.05) is 16.8 Å². The van der Waals surface area contributed by atoms with Crippen LogP contribution in [0.15, 0.2) is 16.7 Å². The van der Waals surface area contributed by atoms with E-state index < -0.39 is 0 Å². The van der Waals surface area contributed by atoms with Gasteiger partial charge in [-0.3, -0.25) is 0 Å². The summed E-state index contributed by atoms with van der Waals surface area (Å²) in [5.74, 6) is 1.51. The molecule has 0 spiro atoms. The number of aromatic nitrogens is 1. The van der Waals surface area contributed by atoms with E-state index in [9.17, 15) is 0 Å². The Labute approximate surface area is 121 Å². The van der Waals surface area contributed by atoms with Gasteiger partial charge in [-0.05, 0) is 19.9 Å². The van der Waals surface area contributed by atoms with Gasteiger partial charge in [0, 0.05) is 6.07 Å². The third-order valence-electron chi connectivity index (χ3n) is 2.90. The Morgan fingerprint density at radius 2 is 2.15 bits per heavy atom. The van der Waals surface area contributed by atoms with E-state index in [4.69, 9.17) is 30.9 Å². The van der Waals surface area contributed by atoms with Crippen LogP contribution < -0.4 is 9.47 Å². The van der Waals surface area contributed by atoms with Crippen molar-refractivity contribution in [3.63, 3.8) is 0 Å². The van der Waals surface area contributed by atoms with Crippen molar-refractivity contribution in [2.24, 2.45) is 0 Å². The van der Waals surface area contributed by atoms with Gasteiger partial charge in [0.05, 0.1) is 35.0 Å². The third kappa shape index (κ3) is 2.70. The molecule has 104 valence electrons. The Hall–Kier alpha value is -2.19. The lowest BCUT2D eigenvalue weighted by atomic mass is 10.2. The maximum Gasteiger partial charge on any atom is 0.180 e. The minimum absolute atomic E-state index is 0.267. The number of rotatable bonds is 4. The quantitative estimate of drug-likeness (QED) is 0.864. The monoisotopic (exact) mass is 292 g/mol. The molecule has 0 saturated heterocycles. The van der Waals surface area contributed by atoms with Crippen LogP contribution in [-0.4, -0.2) is 12.3 Å². The van der Waals surface area contributed by atoms with Gasteiger partial charge in [0.1, 0.15) is 12.4 Å².